The summed E-state index contributed by atoms with van der Waals surface area (Å²) >= 11 is 0. The Morgan fingerprint density at radius 1 is 1.21 bits per heavy atom. The monoisotopic (exact) mass is 271 g/mol. The van der Waals surface area contributed by atoms with Gasteiger partial charge in [-0.3, -0.25) is 4.79 Å². The van der Waals surface area contributed by atoms with Gasteiger partial charge in [0.2, 0.25) is 0 Å². The smallest absolute Gasteiger partial charge is 0.471 e. The zero-order valence-corrected chi connectivity index (χ0v) is 9.41. The molecule has 0 atom stereocenters. The molecule has 1 aromatic rings. The fraction of sp³-hybridized carbons (Fsp3) is 0.167. The Balaban J connectivity index is 2.55. The van der Waals surface area contributed by atoms with Crippen molar-refractivity contribution in [1.29, 1.82) is 0 Å². The van der Waals surface area contributed by atoms with Gasteiger partial charge in [-0.1, -0.05) is 11.8 Å². The molecule has 0 spiro atoms. The molecule has 100 valence electrons. The lowest BCUT2D eigenvalue weighted by Crippen LogP contribution is -2.36. The highest BCUT2D eigenvalue weighted by Crippen LogP contribution is 2.13. The predicted molar refractivity (Wildman–Crippen MR) is 59.3 cm³/mol. The number of carboxylic acids is 1. The average Bonchev–Trinajstić information content (AvgIpc) is 2.33. The highest BCUT2D eigenvalue weighted by atomic mass is 19.4. The van der Waals surface area contributed by atoms with E-state index in [1.54, 1.807) is 5.32 Å². The molecule has 0 radical (unpaired) electrons. The molecule has 1 rings (SSSR count). The highest BCUT2D eigenvalue weighted by molar-refractivity contribution is 5.87. The number of benzene rings is 1. The lowest BCUT2D eigenvalue weighted by atomic mass is 10.1. The van der Waals surface area contributed by atoms with E-state index in [4.69, 9.17) is 5.11 Å². The molecule has 0 unspecified atom stereocenters. The van der Waals surface area contributed by atoms with E-state index in [0.29, 0.717) is 5.56 Å². The molecule has 0 aliphatic heterocycles. The summed E-state index contributed by atoms with van der Waals surface area (Å²) < 4.78 is 35.4. The molecule has 0 aliphatic carbocycles. The minimum absolute atomic E-state index is 0.0796. The Morgan fingerprint density at radius 2 is 1.79 bits per heavy atom. The topological polar surface area (TPSA) is 66.4 Å². The number of hydrogen-bond donors (Lipinski definition) is 2. The molecule has 1 aromatic carbocycles. The maximum absolute atomic E-state index is 11.8. The molecular weight excluding hydrogens is 263 g/mol. The minimum atomic E-state index is -4.93. The minimum Gasteiger partial charge on any atom is -0.478 e. The van der Waals surface area contributed by atoms with Gasteiger partial charge in [-0.05, 0) is 24.3 Å². The first-order valence-corrected chi connectivity index (χ1v) is 4.98. The molecule has 19 heavy (non-hydrogen) atoms. The number of hydrogen-bond acceptors (Lipinski definition) is 2. The van der Waals surface area contributed by atoms with Crippen LogP contribution in [0.3, 0.4) is 0 Å². The summed E-state index contributed by atoms with van der Waals surface area (Å²) in [6.45, 7) is -0.445. The summed E-state index contributed by atoms with van der Waals surface area (Å²) in [5, 5.41) is 10.2. The fourth-order valence-electron chi connectivity index (χ4n) is 1.07. The van der Waals surface area contributed by atoms with E-state index in [2.05, 4.69) is 11.8 Å². The number of carbonyl (C=O) groups excluding carboxylic acids is 1. The van der Waals surface area contributed by atoms with Crippen LogP contribution in [-0.2, 0) is 4.79 Å². The standard InChI is InChI=1S/C12H8F3NO3/c13-12(14,15)11(19)16-7-1-2-8-3-5-9(6-4-8)10(17)18/h3-6H,7H2,(H,16,19)(H,17,18). The Labute approximate surface area is 106 Å². The molecule has 0 saturated carbocycles. The van der Waals surface area contributed by atoms with E-state index in [0.717, 1.165) is 0 Å². The number of aromatic carboxylic acids is 1. The van der Waals surface area contributed by atoms with Crippen molar-refractivity contribution < 1.29 is 27.9 Å². The van der Waals surface area contributed by atoms with E-state index >= 15 is 0 Å². The van der Waals surface area contributed by atoms with Gasteiger partial charge in [0.25, 0.3) is 0 Å². The van der Waals surface area contributed by atoms with Crippen LogP contribution in [0.5, 0.6) is 0 Å². The van der Waals surface area contributed by atoms with E-state index in [9.17, 15) is 22.8 Å². The Kier molecular flexibility index (Phi) is 4.53. The predicted octanol–water partition coefficient (Wildman–Crippen LogP) is 1.41. The molecule has 1 amide bonds. The van der Waals surface area contributed by atoms with Crippen LogP contribution < -0.4 is 5.32 Å². The second kappa shape index (κ2) is 5.91. The summed E-state index contributed by atoms with van der Waals surface area (Å²) in [7, 11) is 0. The molecule has 0 heterocycles. The van der Waals surface area contributed by atoms with Crippen molar-refractivity contribution >= 4 is 11.9 Å². The van der Waals surface area contributed by atoms with Crippen molar-refractivity contribution in [2.45, 2.75) is 6.18 Å². The zero-order valence-electron chi connectivity index (χ0n) is 9.41. The fourth-order valence-corrected chi connectivity index (χ4v) is 1.07. The third-order valence-corrected chi connectivity index (χ3v) is 1.96. The maximum Gasteiger partial charge on any atom is 0.471 e. The summed E-state index contributed by atoms with van der Waals surface area (Å²) in [6.07, 6.45) is -4.93. The number of alkyl halides is 3. The molecule has 0 fully saturated rings. The zero-order chi connectivity index (χ0) is 14.5. The van der Waals surface area contributed by atoms with Crippen molar-refractivity contribution in [2.24, 2.45) is 0 Å². The van der Waals surface area contributed by atoms with Gasteiger partial charge in [-0.25, -0.2) is 4.79 Å². The van der Waals surface area contributed by atoms with Crippen LogP contribution >= 0.6 is 0 Å². The van der Waals surface area contributed by atoms with Gasteiger partial charge in [-0.15, -0.1) is 0 Å². The van der Waals surface area contributed by atoms with Crippen molar-refractivity contribution in [1.82, 2.24) is 5.32 Å². The van der Waals surface area contributed by atoms with Crippen LogP contribution in [-0.4, -0.2) is 29.7 Å². The maximum atomic E-state index is 11.8. The summed E-state index contributed by atoms with van der Waals surface area (Å²) in [5.74, 6) is 1.68. The van der Waals surface area contributed by atoms with Crippen molar-refractivity contribution in [2.75, 3.05) is 6.54 Å². The van der Waals surface area contributed by atoms with Crippen LogP contribution in [0.2, 0.25) is 0 Å². The largest absolute Gasteiger partial charge is 0.478 e. The highest BCUT2D eigenvalue weighted by Gasteiger charge is 2.38. The van der Waals surface area contributed by atoms with Crippen LogP contribution in [0.4, 0.5) is 13.2 Å². The van der Waals surface area contributed by atoms with Crippen LogP contribution in [0.15, 0.2) is 24.3 Å². The van der Waals surface area contributed by atoms with Crippen molar-refractivity contribution in [3.05, 3.63) is 35.4 Å². The van der Waals surface area contributed by atoms with Gasteiger partial charge in [0.1, 0.15) is 0 Å². The Morgan fingerprint density at radius 3 is 2.26 bits per heavy atom. The second-order valence-electron chi connectivity index (χ2n) is 3.36. The normalized spacial score (nSPS) is 10.3. The molecule has 0 aromatic heterocycles. The molecule has 4 nitrogen and oxygen atoms in total. The van der Waals surface area contributed by atoms with Gasteiger partial charge >= 0.3 is 18.1 Å². The first-order valence-electron chi connectivity index (χ1n) is 4.98. The molecular formula is C12H8F3NO3. The van der Waals surface area contributed by atoms with E-state index < -0.39 is 24.6 Å². The Bertz CT molecular complexity index is 538. The summed E-state index contributed by atoms with van der Waals surface area (Å²) in [6, 6.07) is 5.48. The van der Waals surface area contributed by atoms with Crippen LogP contribution in [0.1, 0.15) is 15.9 Å². The first kappa shape index (κ1) is 14.6. The van der Waals surface area contributed by atoms with Gasteiger partial charge < -0.3 is 10.4 Å². The third kappa shape index (κ3) is 4.71. The molecule has 0 bridgehead atoms. The molecule has 0 aliphatic rings. The van der Waals surface area contributed by atoms with Gasteiger partial charge in [0.05, 0.1) is 12.1 Å². The van der Waals surface area contributed by atoms with E-state index in [-0.39, 0.29) is 5.56 Å². The van der Waals surface area contributed by atoms with Gasteiger partial charge in [0, 0.05) is 5.56 Å². The number of nitrogens with one attached hydrogen (secondary N) is 1. The molecule has 7 heteroatoms. The lowest BCUT2D eigenvalue weighted by molar-refractivity contribution is -0.173. The number of carbonyl (C=O) groups is 2. The van der Waals surface area contributed by atoms with Crippen LogP contribution in [0.25, 0.3) is 0 Å². The lowest BCUT2D eigenvalue weighted by Gasteiger charge is -2.03. The van der Waals surface area contributed by atoms with E-state index in [1.807, 2.05) is 0 Å². The number of amides is 1. The second-order valence-corrected chi connectivity index (χ2v) is 3.36. The number of rotatable bonds is 2. The Hall–Kier alpha value is -2.49. The van der Waals surface area contributed by atoms with Crippen molar-refractivity contribution in [3.8, 4) is 11.8 Å². The molecule has 2 N–H and O–H groups in total. The van der Waals surface area contributed by atoms with Gasteiger partial charge in [-0.2, -0.15) is 13.2 Å². The number of halogens is 3. The first-order chi connectivity index (χ1) is 8.80. The van der Waals surface area contributed by atoms with Crippen LogP contribution in [0, 0.1) is 11.8 Å². The molecule has 0 saturated heterocycles. The SMILES string of the molecule is O=C(O)c1ccc(C#CCNC(=O)C(F)(F)F)cc1. The summed E-state index contributed by atoms with van der Waals surface area (Å²) in [5.41, 5.74) is 0.516. The number of carboxylic acid groups (broad SMARTS) is 1. The van der Waals surface area contributed by atoms with Gasteiger partial charge in [0.15, 0.2) is 0 Å². The van der Waals surface area contributed by atoms with Crippen molar-refractivity contribution in [3.63, 3.8) is 0 Å². The van der Waals surface area contributed by atoms with E-state index in [1.165, 1.54) is 24.3 Å². The summed E-state index contributed by atoms with van der Waals surface area (Å²) in [4.78, 5) is 21.0. The average molecular weight is 271 g/mol. The third-order valence-electron chi connectivity index (χ3n) is 1.96. The quantitative estimate of drug-likeness (QED) is 0.799.